The zero-order chi connectivity index (χ0) is 19.1. The first-order valence-corrected chi connectivity index (χ1v) is 10.1. The third-order valence-electron chi connectivity index (χ3n) is 5.05. The highest BCUT2D eigenvalue weighted by atomic mass is 35.5. The van der Waals surface area contributed by atoms with Crippen LogP contribution in [0.1, 0.15) is 31.4 Å². The molecule has 142 valence electrons. The second-order valence-electron chi connectivity index (χ2n) is 6.65. The van der Waals surface area contributed by atoms with Crippen LogP contribution in [0.2, 0.25) is 15.1 Å². The molecule has 0 radical (unpaired) electrons. The van der Waals surface area contributed by atoms with Crippen LogP contribution in [0.25, 0.3) is 22.2 Å². The molecule has 0 fully saturated rings. The van der Waals surface area contributed by atoms with Crippen LogP contribution in [0.15, 0.2) is 24.3 Å². The predicted molar refractivity (Wildman–Crippen MR) is 113 cm³/mol. The molecule has 1 aliphatic rings. The summed E-state index contributed by atoms with van der Waals surface area (Å²) in [7, 11) is 1.73. The number of nitrogens with zero attached hydrogens (tertiary/aromatic N) is 2. The molecular weight excluding hydrogens is 405 g/mol. The monoisotopic (exact) mass is 423 g/mol. The number of hydrogen-bond donors (Lipinski definition) is 1. The van der Waals surface area contributed by atoms with Crippen molar-refractivity contribution < 1.29 is 4.74 Å². The van der Waals surface area contributed by atoms with Crippen LogP contribution in [0.4, 0.5) is 5.95 Å². The summed E-state index contributed by atoms with van der Waals surface area (Å²) in [6.07, 6.45) is 1.83. The quantitative estimate of drug-likeness (QED) is 0.514. The zero-order valence-corrected chi connectivity index (χ0v) is 17.4. The molecule has 1 unspecified atom stereocenters. The van der Waals surface area contributed by atoms with E-state index in [0.717, 1.165) is 59.6 Å². The lowest BCUT2D eigenvalue weighted by atomic mass is 9.97. The molecule has 2 heterocycles. The van der Waals surface area contributed by atoms with Crippen LogP contribution in [0.5, 0.6) is 0 Å². The molecule has 7 heteroatoms. The molecule has 1 atom stereocenters. The number of nitrogens with one attached hydrogen (secondary N) is 1. The van der Waals surface area contributed by atoms with Crippen LogP contribution >= 0.6 is 34.8 Å². The molecule has 1 aliphatic heterocycles. The summed E-state index contributed by atoms with van der Waals surface area (Å²) in [5.74, 6) is 0.852. The lowest BCUT2D eigenvalue weighted by Gasteiger charge is -2.21. The molecule has 27 heavy (non-hydrogen) atoms. The minimum Gasteiger partial charge on any atom is -0.377 e. The van der Waals surface area contributed by atoms with Crippen molar-refractivity contribution in [1.29, 1.82) is 0 Å². The molecule has 0 saturated heterocycles. The summed E-state index contributed by atoms with van der Waals surface area (Å²) >= 11 is 19.4. The van der Waals surface area contributed by atoms with E-state index in [-0.39, 0.29) is 6.10 Å². The van der Waals surface area contributed by atoms with E-state index in [9.17, 15) is 0 Å². The largest absolute Gasteiger partial charge is 0.377 e. The van der Waals surface area contributed by atoms with Gasteiger partial charge in [0.25, 0.3) is 0 Å². The highest BCUT2D eigenvalue weighted by Gasteiger charge is 2.25. The Kier molecular flexibility index (Phi) is 5.26. The molecule has 1 N–H and O–H groups in total. The van der Waals surface area contributed by atoms with Gasteiger partial charge in [-0.3, -0.25) is 0 Å². The maximum Gasteiger partial charge on any atom is 0.203 e. The van der Waals surface area contributed by atoms with E-state index in [2.05, 4.69) is 22.9 Å². The van der Waals surface area contributed by atoms with Crippen molar-refractivity contribution in [2.45, 2.75) is 32.4 Å². The molecular formula is C20H20Cl3N3O. The van der Waals surface area contributed by atoms with E-state index < -0.39 is 0 Å². The number of halogens is 3. The van der Waals surface area contributed by atoms with Gasteiger partial charge in [-0.15, -0.1) is 0 Å². The van der Waals surface area contributed by atoms with Crippen molar-refractivity contribution in [2.75, 3.05) is 19.0 Å². The Labute approximate surface area is 173 Å². The SMILES string of the molecule is CCC(OC)c1cc(-c2ccc(Cl)cc2Cl)c(Cl)c2nc3n(c12)CCCN3. The summed E-state index contributed by atoms with van der Waals surface area (Å²) in [6.45, 7) is 3.92. The molecule has 4 nitrogen and oxygen atoms in total. The van der Waals surface area contributed by atoms with Gasteiger partial charge in [-0.05, 0) is 31.0 Å². The maximum absolute atomic E-state index is 6.83. The van der Waals surface area contributed by atoms with Crippen molar-refractivity contribution >= 4 is 51.8 Å². The van der Waals surface area contributed by atoms with Gasteiger partial charge in [-0.25, -0.2) is 4.98 Å². The van der Waals surface area contributed by atoms with Crippen molar-refractivity contribution in [3.8, 4) is 11.1 Å². The molecule has 3 aromatic rings. The average molecular weight is 425 g/mol. The lowest BCUT2D eigenvalue weighted by molar-refractivity contribution is 0.101. The van der Waals surface area contributed by atoms with Gasteiger partial charge < -0.3 is 14.6 Å². The Morgan fingerprint density at radius 3 is 2.74 bits per heavy atom. The Bertz CT molecular complexity index is 1010. The standard InChI is InChI=1S/C20H20Cl3N3O/c1-3-16(27-2)14-10-13(12-6-5-11(21)9-15(12)22)17(23)18-19(14)26-8-4-7-24-20(26)25-18/h5-6,9-10,16H,3-4,7-8H2,1-2H3,(H,24,25). The number of aromatic nitrogens is 2. The number of benzene rings is 2. The van der Waals surface area contributed by atoms with Crippen LogP contribution in [-0.2, 0) is 11.3 Å². The highest BCUT2D eigenvalue weighted by Crippen LogP contribution is 2.43. The smallest absolute Gasteiger partial charge is 0.203 e. The van der Waals surface area contributed by atoms with E-state index >= 15 is 0 Å². The summed E-state index contributed by atoms with van der Waals surface area (Å²) in [5, 5.41) is 5.11. The van der Waals surface area contributed by atoms with Gasteiger partial charge >= 0.3 is 0 Å². The molecule has 0 amide bonds. The van der Waals surface area contributed by atoms with Crippen LogP contribution < -0.4 is 5.32 Å². The first-order valence-electron chi connectivity index (χ1n) is 8.99. The highest BCUT2D eigenvalue weighted by molar-refractivity contribution is 6.40. The Balaban J connectivity index is 2.05. The van der Waals surface area contributed by atoms with Gasteiger partial charge in [0.1, 0.15) is 5.52 Å². The lowest BCUT2D eigenvalue weighted by Crippen LogP contribution is -2.17. The first kappa shape index (κ1) is 18.9. The second-order valence-corrected chi connectivity index (χ2v) is 7.87. The van der Waals surface area contributed by atoms with Gasteiger partial charge in [0.05, 0.1) is 16.6 Å². The Morgan fingerprint density at radius 2 is 2.04 bits per heavy atom. The number of rotatable bonds is 4. The number of anilines is 1. The minimum absolute atomic E-state index is 0.0580. The van der Waals surface area contributed by atoms with Gasteiger partial charge in [0.2, 0.25) is 5.95 Å². The molecule has 0 saturated carbocycles. The number of imidazole rings is 1. The van der Waals surface area contributed by atoms with Crippen molar-refractivity contribution in [3.63, 3.8) is 0 Å². The summed E-state index contributed by atoms with van der Waals surface area (Å²) < 4.78 is 7.98. The third-order valence-corrected chi connectivity index (χ3v) is 5.98. The fourth-order valence-electron chi connectivity index (χ4n) is 3.77. The van der Waals surface area contributed by atoms with E-state index in [0.29, 0.717) is 15.1 Å². The summed E-state index contributed by atoms with van der Waals surface area (Å²) in [4.78, 5) is 4.79. The summed E-state index contributed by atoms with van der Waals surface area (Å²) in [6, 6.07) is 7.52. The molecule has 0 bridgehead atoms. The van der Waals surface area contributed by atoms with Gasteiger partial charge in [0.15, 0.2) is 0 Å². The van der Waals surface area contributed by atoms with Crippen LogP contribution in [-0.4, -0.2) is 23.2 Å². The maximum atomic E-state index is 6.83. The number of aryl methyl sites for hydroxylation is 1. The van der Waals surface area contributed by atoms with E-state index in [1.165, 1.54) is 0 Å². The van der Waals surface area contributed by atoms with Gasteiger partial charge in [0, 0.05) is 46.9 Å². The number of hydrogen-bond acceptors (Lipinski definition) is 3. The van der Waals surface area contributed by atoms with Crippen molar-refractivity contribution in [1.82, 2.24) is 9.55 Å². The number of fused-ring (bicyclic) bond motifs is 3. The summed E-state index contributed by atoms with van der Waals surface area (Å²) in [5.41, 5.74) is 4.55. The van der Waals surface area contributed by atoms with Crippen molar-refractivity contribution in [2.24, 2.45) is 0 Å². The molecule has 4 rings (SSSR count). The molecule has 0 aliphatic carbocycles. The fourth-order valence-corrected chi connectivity index (χ4v) is 4.56. The minimum atomic E-state index is -0.0580. The van der Waals surface area contributed by atoms with Crippen LogP contribution in [0, 0.1) is 0 Å². The Morgan fingerprint density at radius 1 is 1.22 bits per heavy atom. The molecule has 2 aromatic carbocycles. The van der Waals surface area contributed by atoms with E-state index in [1.807, 2.05) is 12.1 Å². The van der Waals surface area contributed by atoms with Crippen LogP contribution in [0.3, 0.4) is 0 Å². The second kappa shape index (κ2) is 7.51. The fraction of sp³-hybridized carbons (Fsp3) is 0.350. The zero-order valence-electron chi connectivity index (χ0n) is 15.2. The van der Waals surface area contributed by atoms with Gasteiger partial charge in [-0.2, -0.15) is 0 Å². The molecule has 0 spiro atoms. The van der Waals surface area contributed by atoms with Gasteiger partial charge in [-0.1, -0.05) is 47.8 Å². The third kappa shape index (κ3) is 3.19. The average Bonchev–Trinajstić information content (AvgIpc) is 3.05. The molecule has 1 aromatic heterocycles. The van der Waals surface area contributed by atoms with E-state index in [1.54, 1.807) is 13.2 Å². The predicted octanol–water partition coefficient (Wildman–Crippen LogP) is 6.58. The first-order chi connectivity index (χ1) is 13.0. The normalized spacial score (nSPS) is 14.9. The number of methoxy groups -OCH3 is 1. The Hall–Kier alpha value is -1.46. The number of ether oxygens (including phenoxy) is 1. The topological polar surface area (TPSA) is 39.1 Å². The van der Waals surface area contributed by atoms with Crippen molar-refractivity contribution in [3.05, 3.63) is 44.9 Å². The van der Waals surface area contributed by atoms with E-state index in [4.69, 9.17) is 44.5 Å².